The second-order valence-corrected chi connectivity index (χ2v) is 7.29. The van der Waals surface area contributed by atoms with Crippen LogP contribution < -0.4 is 0 Å². The maximum Gasteiger partial charge on any atom is 0.471 e. The van der Waals surface area contributed by atoms with E-state index in [9.17, 15) is 22.2 Å². The van der Waals surface area contributed by atoms with Crippen LogP contribution in [-0.2, 0) is 15.9 Å². The summed E-state index contributed by atoms with van der Waals surface area (Å²) < 4.78 is 57.6. The lowest BCUT2D eigenvalue weighted by atomic mass is 10.3. The molecule has 0 spiro atoms. The van der Waals surface area contributed by atoms with E-state index in [0.717, 1.165) is 12.4 Å². The van der Waals surface area contributed by atoms with Gasteiger partial charge in [0.2, 0.25) is 11.6 Å². The predicted octanol–water partition coefficient (Wildman–Crippen LogP) is 2.24. The van der Waals surface area contributed by atoms with Crippen LogP contribution in [0, 0.1) is 0 Å². The average molecular weight is 398 g/mol. The van der Waals surface area contributed by atoms with Gasteiger partial charge in [-0.05, 0) is 12.1 Å². The zero-order valence-corrected chi connectivity index (χ0v) is 14.2. The smallest absolute Gasteiger partial charge is 0.329 e. The molecule has 0 aliphatic heterocycles. The molecule has 13 heteroatoms. The summed E-state index contributed by atoms with van der Waals surface area (Å²) >= 11 is 0. The van der Waals surface area contributed by atoms with E-state index in [-0.39, 0.29) is 10.6 Å². The van der Waals surface area contributed by atoms with Crippen LogP contribution in [0.25, 0.3) is 11.4 Å². The van der Waals surface area contributed by atoms with E-state index in [0.29, 0.717) is 0 Å². The van der Waals surface area contributed by atoms with Crippen molar-refractivity contribution in [2.45, 2.75) is 11.2 Å². The molecule has 9 nitrogen and oxygen atoms in total. The van der Waals surface area contributed by atoms with Crippen LogP contribution in [-0.4, -0.2) is 41.5 Å². The molecule has 0 aliphatic carbocycles. The van der Waals surface area contributed by atoms with Crippen LogP contribution in [0.5, 0.6) is 0 Å². The first kappa shape index (κ1) is 18.6. The molecule has 1 atom stereocenters. The maximum absolute atomic E-state index is 12.5. The second kappa shape index (κ2) is 6.83. The van der Waals surface area contributed by atoms with Crippen molar-refractivity contribution < 1.29 is 26.7 Å². The quantitative estimate of drug-likeness (QED) is 0.658. The van der Waals surface area contributed by atoms with Crippen molar-refractivity contribution in [2.75, 3.05) is 6.26 Å². The lowest BCUT2D eigenvalue weighted by Crippen LogP contribution is -2.08. The zero-order valence-electron chi connectivity index (χ0n) is 13.4. The van der Waals surface area contributed by atoms with Gasteiger partial charge in [-0.25, -0.2) is 19.2 Å². The Kier molecular flexibility index (Phi) is 4.70. The van der Waals surface area contributed by atoms with Gasteiger partial charge in [-0.2, -0.15) is 18.2 Å². The van der Waals surface area contributed by atoms with Gasteiger partial charge in [-0.1, -0.05) is 11.2 Å². The monoisotopic (exact) mass is 398 g/mol. The largest absolute Gasteiger partial charge is 0.471 e. The Morgan fingerprint density at radius 3 is 2.44 bits per heavy atom. The van der Waals surface area contributed by atoms with Crippen LogP contribution in [0.4, 0.5) is 13.2 Å². The summed E-state index contributed by atoms with van der Waals surface area (Å²) in [5.74, 6) is -3.28. The first-order valence-electron chi connectivity index (χ1n) is 7.08. The van der Waals surface area contributed by atoms with Crippen LogP contribution in [0.2, 0.25) is 0 Å². The summed E-state index contributed by atoms with van der Waals surface area (Å²) in [7, 11) is -3.11. The molecule has 0 fully saturated rings. The van der Waals surface area contributed by atoms with E-state index in [2.05, 4.69) is 34.0 Å². The van der Waals surface area contributed by atoms with E-state index in [1.807, 2.05) is 0 Å². The summed E-state index contributed by atoms with van der Waals surface area (Å²) in [6.07, 6.45) is -0.0881. The number of halogens is 3. The standard InChI is InChI=1S/C14H9F3N6O3S/c1-27(25,9-4-2-3-5-18-9)23-12(24)11-19-6-8(7-20-11)10-21-13(26-22-10)14(15,16)17/h2-7H,1H3. The Bertz CT molecular complexity index is 1090. The number of pyridine rings is 1. The molecule has 0 aromatic carbocycles. The van der Waals surface area contributed by atoms with E-state index in [4.69, 9.17) is 0 Å². The fraction of sp³-hybridized carbons (Fsp3) is 0.143. The Balaban J connectivity index is 1.85. The summed E-state index contributed by atoms with van der Waals surface area (Å²) in [6.45, 7) is 0. The summed E-state index contributed by atoms with van der Waals surface area (Å²) in [5, 5.41) is 3.29. The summed E-state index contributed by atoms with van der Waals surface area (Å²) in [4.78, 5) is 26.6. The number of alkyl halides is 3. The minimum absolute atomic E-state index is 0.00671. The molecule has 0 aliphatic rings. The average Bonchev–Trinajstić information content (AvgIpc) is 3.13. The molecule has 140 valence electrons. The highest BCUT2D eigenvalue weighted by atomic mass is 32.2. The number of carbonyl (C=O) groups excluding carboxylic acids is 1. The number of carbonyl (C=O) groups is 1. The van der Waals surface area contributed by atoms with Crippen molar-refractivity contribution >= 4 is 15.6 Å². The van der Waals surface area contributed by atoms with Gasteiger partial charge in [0.05, 0.1) is 15.3 Å². The second-order valence-electron chi connectivity index (χ2n) is 5.08. The topological polar surface area (TPSA) is 124 Å². The number of aromatic nitrogens is 5. The minimum Gasteiger partial charge on any atom is -0.329 e. The van der Waals surface area contributed by atoms with Gasteiger partial charge in [0.25, 0.3) is 0 Å². The zero-order chi connectivity index (χ0) is 19.7. The van der Waals surface area contributed by atoms with E-state index < -0.39 is 39.4 Å². The molecule has 0 radical (unpaired) electrons. The lowest BCUT2D eigenvalue weighted by Gasteiger charge is -2.02. The van der Waals surface area contributed by atoms with Crippen molar-refractivity contribution in [2.24, 2.45) is 4.36 Å². The van der Waals surface area contributed by atoms with E-state index in [1.54, 1.807) is 12.1 Å². The van der Waals surface area contributed by atoms with Gasteiger partial charge in [0.1, 0.15) is 5.03 Å². The molecule has 3 aromatic heterocycles. The first-order valence-corrected chi connectivity index (χ1v) is 9.00. The molecule has 1 unspecified atom stereocenters. The highest BCUT2D eigenvalue weighted by Crippen LogP contribution is 2.29. The molecule has 27 heavy (non-hydrogen) atoms. The molecule has 1 amide bonds. The molecular formula is C14H9F3N6O3S. The third-order valence-corrected chi connectivity index (χ3v) is 4.58. The summed E-state index contributed by atoms with van der Waals surface area (Å²) in [5.41, 5.74) is -0.00671. The number of amides is 1. The third-order valence-electron chi connectivity index (χ3n) is 3.05. The number of hydrogen-bond acceptors (Lipinski definition) is 8. The van der Waals surface area contributed by atoms with Crippen molar-refractivity contribution in [3.05, 3.63) is 48.5 Å². The molecule has 3 rings (SSSR count). The van der Waals surface area contributed by atoms with Crippen molar-refractivity contribution in [1.29, 1.82) is 0 Å². The van der Waals surface area contributed by atoms with Crippen molar-refractivity contribution in [3.8, 4) is 11.4 Å². The van der Waals surface area contributed by atoms with Crippen LogP contribution in [0.3, 0.4) is 0 Å². The highest BCUT2D eigenvalue weighted by molar-refractivity contribution is 7.93. The fourth-order valence-corrected chi connectivity index (χ4v) is 2.91. The molecule has 0 N–H and O–H groups in total. The van der Waals surface area contributed by atoms with Crippen molar-refractivity contribution in [3.63, 3.8) is 0 Å². The van der Waals surface area contributed by atoms with Crippen LogP contribution in [0.1, 0.15) is 16.5 Å². The number of nitrogens with zero attached hydrogens (tertiary/aromatic N) is 6. The van der Waals surface area contributed by atoms with E-state index >= 15 is 0 Å². The summed E-state index contributed by atoms with van der Waals surface area (Å²) in [6, 6.07) is 4.67. The Labute approximate surface area is 149 Å². The Hall–Kier alpha value is -3.22. The van der Waals surface area contributed by atoms with Gasteiger partial charge < -0.3 is 4.52 Å². The number of rotatable bonds is 3. The van der Waals surface area contributed by atoms with Crippen LogP contribution >= 0.6 is 0 Å². The Morgan fingerprint density at radius 2 is 1.89 bits per heavy atom. The van der Waals surface area contributed by atoms with Gasteiger partial charge in [-0.15, -0.1) is 4.36 Å². The molecule has 0 saturated carbocycles. The maximum atomic E-state index is 12.5. The van der Waals surface area contributed by atoms with Gasteiger partial charge in [-0.3, -0.25) is 4.79 Å². The molecule has 0 bridgehead atoms. The molecular weight excluding hydrogens is 389 g/mol. The first-order chi connectivity index (χ1) is 12.7. The van der Waals surface area contributed by atoms with Crippen molar-refractivity contribution in [1.82, 2.24) is 25.1 Å². The Morgan fingerprint density at radius 1 is 1.19 bits per heavy atom. The number of hydrogen-bond donors (Lipinski definition) is 0. The van der Waals surface area contributed by atoms with E-state index in [1.165, 1.54) is 18.5 Å². The third kappa shape index (κ3) is 4.13. The normalized spacial score (nSPS) is 13.8. The van der Waals surface area contributed by atoms with Crippen LogP contribution in [0.15, 0.2) is 50.7 Å². The fourth-order valence-electron chi connectivity index (χ4n) is 1.83. The predicted molar refractivity (Wildman–Crippen MR) is 83.7 cm³/mol. The minimum atomic E-state index is -4.78. The van der Waals surface area contributed by atoms with Gasteiger partial charge >= 0.3 is 18.0 Å². The van der Waals surface area contributed by atoms with Gasteiger partial charge in [0.15, 0.2) is 0 Å². The SMILES string of the molecule is CS(=O)(=NC(=O)c1ncc(-c2noc(C(F)(F)F)n2)cn1)c1ccccn1. The van der Waals surface area contributed by atoms with Gasteiger partial charge in [0, 0.05) is 24.8 Å². The highest BCUT2D eigenvalue weighted by Gasteiger charge is 2.38. The molecule has 3 aromatic rings. The lowest BCUT2D eigenvalue weighted by molar-refractivity contribution is -0.159. The molecule has 3 heterocycles. The molecule has 0 saturated heterocycles.